The number of nitrogens with one attached hydrogen (secondary N) is 2. The van der Waals surface area contributed by atoms with Crippen molar-refractivity contribution in [2.45, 2.75) is 26.8 Å². The Hall–Kier alpha value is -4.30. The second kappa shape index (κ2) is 11.6. The van der Waals surface area contributed by atoms with Crippen LogP contribution in [0.2, 0.25) is 0 Å². The first-order valence-electron chi connectivity index (χ1n) is 11.2. The number of halogens is 3. The lowest BCUT2D eigenvalue weighted by Crippen LogP contribution is -2.22. The van der Waals surface area contributed by atoms with Gasteiger partial charge in [-0.25, -0.2) is 5.43 Å². The molecule has 2 amide bonds. The summed E-state index contributed by atoms with van der Waals surface area (Å²) in [6.07, 6.45) is -1.63. The largest absolute Gasteiger partial charge is 0.573 e. The number of aryl methyl sites for hydroxylation is 1. The summed E-state index contributed by atoms with van der Waals surface area (Å²) in [5, 5.41) is 19.0. The van der Waals surface area contributed by atoms with Crippen molar-refractivity contribution in [3.05, 3.63) is 80.9 Å². The summed E-state index contributed by atoms with van der Waals surface area (Å²) >= 11 is 2.15. The van der Waals surface area contributed by atoms with Crippen LogP contribution in [0.15, 0.2) is 59.3 Å². The third-order valence-electron chi connectivity index (χ3n) is 5.15. The minimum Gasteiger partial charge on any atom is -0.506 e. The molecule has 0 unspecified atom stereocenters. The van der Waals surface area contributed by atoms with Crippen LogP contribution in [0.25, 0.3) is 10.4 Å². The molecule has 1 aromatic carbocycles. The molecule has 9 nitrogen and oxygen atoms in total. The maximum atomic E-state index is 12.6. The van der Waals surface area contributed by atoms with Crippen LogP contribution in [-0.2, 0) is 6.54 Å². The number of carbonyl (C=O) groups is 2. The van der Waals surface area contributed by atoms with Gasteiger partial charge in [0.15, 0.2) is 0 Å². The Labute approximate surface area is 228 Å². The molecule has 0 aliphatic heterocycles. The smallest absolute Gasteiger partial charge is 0.506 e. The number of hydrazone groups is 1. The van der Waals surface area contributed by atoms with E-state index < -0.39 is 12.3 Å². The summed E-state index contributed by atoms with van der Waals surface area (Å²) in [6.45, 7) is 3.57. The summed E-state index contributed by atoms with van der Waals surface area (Å²) in [5.41, 5.74) is 4.88. The molecule has 14 heteroatoms. The highest BCUT2D eigenvalue weighted by molar-refractivity contribution is 7.16. The topological polar surface area (TPSA) is 126 Å². The lowest BCUT2D eigenvalue weighted by molar-refractivity contribution is -0.274. The monoisotopic (exact) mass is 575 g/mol. The van der Waals surface area contributed by atoms with Crippen LogP contribution >= 0.6 is 22.7 Å². The van der Waals surface area contributed by atoms with Crippen molar-refractivity contribution in [1.82, 2.24) is 20.7 Å². The Morgan fingerprint density at radius 2 is 1.74 bits per heavy atom. The zero-order valence-electron chi connectivity index (χ0n) is 20.4. The Balaban J connectivity index is 1.37. The SMILES string of the molecule is C/C(=N\NC(=O)c1ccc(C(=O)NCc2cnc(C)cn2)s1)c1csc(-c2ccc(OC(F)(F)F)cc2)c1O. The van der Waals surface area contributed by atoms with Gasteiger partial charge < -0.3 is 15.2 Å². The molecule has 4 aromatic rings. The Morgan fingerprint density at radius 1 is 1.05 bits per heavy atom. The highest BCUT2D eigenvalue weighted by Gasteiger charge is 2.31. The zero-order chi connectivity index (χ0) is 28.2. The van der Waals surface area contributed by atoms with Crippen molar-refractivity contribution in [3.8, 4) is 21.9 Å². The Bertz CT molecular complexity index is 1510. The number of alkyl halides is 3. The van der Waals surface area contributed by atoms with Crippen LogP contribution < -0.4 is 15.5 Å². The number of nitrogens with zero attached hydrogens (tertiary/aromatic N) is 3. The minimum atomic E-state index is -4.80. The molecule has 0 fully saturated rings. The number of thiophene rings is 2. The van der Waals surface area contributed by atoms with Gasteiger partial charge in [-0.3, -0.25) is 19.6 Å². The van der Waals surface area contributed by atoms with Crippen molar-refractivity contribution < 1.29 is 32.6 Å². The average molecular weight is 576 g/mol. The van der Waals surface area contributed by atoms with E-state index in [9.17, 15) is 27.9 Å². The highest BCUT2D eigenvalue weighted by Crippen LogP contribution is 2.39. The number of aromatic hydroxyl groups is 1. The van der Waals surface area contributed by atoms with Gasteiger partial charge in [-0.15, -0.1) is 35.8 Å². The standard InChI is InChI=1S/C25H20F3N5O4S2/c1-13-9-30-16(10-29-13)11-31-23(35)19-7-8-20(39-19)24(36)33-32-14(2)18-12-38-22(21(18)34)15-3-5-17(6-4-15)37-25(26,27)28/h3-10,12,34H,11H2,1-2H3,(H,31,35)(H,33,36)/b32-14+. The number of hydrogen-bond acceptors (Lipinski definition) is 9. The van der Waals surface area contributed by atoms with E-state index in [1.165, 1.54) is 24.3 Å². The van der Waals surface area contributed by atoms with Crippen LogP contribution in [0.4, 0.5) is 13.2 Å². The van der Waals surface area contributed by atoms with Crippen LogP contribution in [-0.4, -0.2) is 39.0 Å². The number of carbonyl (C=O) groups excluding carboxylic acids is 2. The van der Waals surface area contributed by atoms with Gasteiger partial charge in [0.1, 0.15) is 11.5 Å². The average Bonchev–Trinajstić information content (AvgIpc) is 3.54. The van der Waals surface area contributed by atoms with E-state index in [-0.39, 0.29) is 28.8 Å². The molecule has 0 bridgehead atoms. The van der Waals surface area contributed by atoms with Crippen LogP contribution in [0.3, 0.4) is 0 Å². The fourth-order valence-corrected chi connectivity index (χ4v) is 5.05. The van der Waals surface area contributed by atoms with Gasteiger partial charge in [0.05, 0.1) is 50.0 Å². The molecule has 0 aliphatic rings. The van der Waals surface area contributed by atoms with Crippen molar-refractivity contribution in [3.63, 3.8) is 0 Å². The van der Waals surface area contributed by atoms with E-state index in [0.717, 1.165) is 40.5 Å². The first-order valence-corrected chi connectivity index (χ1v) is 12.9. The summed E-state index contributed by atoms with van der Waals surface area (Å²) in [6, 6.07) is 8.10. The van der Waals surface area contributed by atoms with Gasteiger partial charge in [0, 0.05) is 11.6 Å². The molecule has 3 N–H and O–H groups in total. The lowest BCUT2D eigenvalue weighted by Gasteiger charge is -2.09. The molecule has 3 aromatic heterocycles. The van der Waals surface area contributed by atoms with Crippen molar-refractivity contribution in [1.29, 1.82) is 0 Å². The molecule has 0 aliphatic carbocycles. The number of rotatable bonds is 8. The molecular weight excluding hydrogens is 555 g/mol. The maximum absolute atomic E-state index is 12.6. The molecular formula is C25H20F3N5O4S2. The van der Waals surface area contributed by atoms with Gasteiger partial charge in [-0.2, -0.15) is 5.10 Å². The predicted octanol–water partition coefficient (Wildman–Crippen LogP) is 5.26. The normalized spacial score (nSPS) is 11.8. The van der Waals surface area contributed by atoms with Crippen molar-refractivity contribution in [2.24, 2.45) is 5.10 Å². The number of amides is 2. The molecule has 202 valence electrons. The molecule has 0 spiro atoms. The third-order valence-corrected chi connectivity index (χ3v) is 7.25. The predicted molar refractivity (Wildman–Crippen MR) is 140 cm³/mol. The van der Waals surface area contributed by atoms with Gasteiger partial charge in [0.25, 0.3) is 11.8 Å². The molecule has 0 radical (unpaired) electrons. The maximum Gasteiger partial charge on any atom is 0.573 e. The Kier molecular flexibility index (Phi) is 8.26. The molecule has 0 saturated carbocycles. The second-order valence-corrected chi connectivity index (χ2v) is 10.00. The summed E-state index contributed by atoms with van der Waals surface area (Å²) in [7, 11) is 0. The van der Waals surface area contributed by atoms with Crippen LogP contribution in [0.1, 0.15) is 43.2 Å². The molecule has 39 heavy (non-hydrogen) atoms. The van der Waals surface area contributed by atoms with Gasteiger partial charge in [0.2, 0.25) is 0 Å². The first-order chi connectivity index (χ1) is 18.5. The van der Waals surface area contributed by atoms with Crippen molar-refractivity contribution >= 4 is 40.2 Å². The molecule has 0 saturated heterocycles. The lowest BCUT2D eigenvalue weighted by atomic mass is 10.1. The highest BCUT2D eigenvalue weighted by atomic mass is 32.1. The molecule has 4 rings (SSSR count). The number of benzene rings is 1. The second-order valence-electron chi connectivity index (χ2n) is 8.03. The third kappa shape index (κ3) is 7.18. The van der Waals surface area contributed by atoms with Gasteiger partial charge >= 0.3 is 6.36 Å². The zero-order valence-corrected chi connectivity index (χ0v) is 22.0. The minimum absolute atomic E-state index is 0.131. The van der Waals surface area contributed by atoms with E-state index in [1.807, 2.05) is 6.92 Å². The van der Waals surface area contributed by atoms with E-state index in [2.05, 4.69) is 30.5 Å². The van der Waals surface area contributed by atoms with Gasteiger partial charge in [-0.05, 0) is 55.8 Å². The number of hydrogen-bond donors (Lipinski definition) is 3. The van der Waals surface area contributed by atoms with E-state index >= 15 is 0 Å². The van der Waals surface area contributed by atoms with Crippen molar-refractivity contribution in [2.75, 3.05) is 0 Å². The number of aromatic nitrogens is 2. The summed E-state index contributed by atoms with van der Waals surface area (Å²) in [4.78, 5) is 34.3. The summed E-state index contributed by atoms with van der Waals surface area (Å²) < 4.78 is 41.0. The fraction of sp³-hybridized carbons (Fsp3) is 0.160. The summed E-state index contributed by atoms with van der Waals surface area (Å²) in [5.74, 6) is -1.42. The van der Waals surface area contributed by atoms with E-state index in [4.69, 9.17) is 0 Å². The van der Waals surface area contributed by atoms with Crippen LogP contribution in [0.5, 0.6) is 11.5 Å². The first kappa shape index (κ1) is 27.7. The Morgan fingerprint density at radius 3 is 2.38 bits per heavy atom. The van der Waals surface area contributed by atoms with E-state index in [1.54, 1.807) is 24.7 Å². The van der Waals surface area contributed by atoms with Crippen LogP contribution in [0, 0.1) is 6.92 Å². The molecule has 3 heterocycles. The van der Waals surface area contributed by atoms with E-state index in [0.29, 0.717) is 32.3 Å². The molecule has 0 atom stereocenters. The fourth-order valence-electron chi connectivity index (χ4n) is 3.22. The quantitative estimate of drug-likeness (QED) is 0.194. The number of ether oxygens (including phenoxy) is 1. The van der Waals surface area contributed by atoms with Gasteiger partial charge in [-0.1, -0.05) is 0 Å².